The normalized spacial score (nSPS) is 35.6. The Bertz CT molecular complexity index is 1450. The summed E-state index contributed by atoms with van der Waals surface area (Å²) in [5.41, 5.74) is 4.59. The van der Waals surface area contributed by atoms with Gasteiger partial charge in [-0.3, -0.25) is 19.2 Å². The van der Waals surface area contributed by atoms with Gasteiger partial charge in [-0.1, -0.05) is 48.5 Å². The van der Waals surface area contributed by atoms with Gasteiger partial charge in [-0.05, 0) is 96.8 Å². The molecule has 2 aromatic carbocycles. The third-order valence-electron chi connectivity index (χ3n) is 12.1. The van der Waals surface area contributed by atoms with Crippen LogP contribution in [-0.2, 0) is 19.2 Å². The first-order valence-electron chi connectivity index (χ1n) is 16.6. The van der Waals surface area contributed by atoms with Crippen LogP contribution in [0.25, 0.3) is 0 Å². The lowest BCUT2D eigenvalue weighted by Crippen LogP contribution is -2.57. The lowest BCUT2D eigenvalue weighted by atomic mass is 9.49. The molecule has 5 fully saturated rings. The SMILES string of the molecule is O=C(O)CNC(=O)[C@H]1CCCN1C(=O)C1C2c3ccccc3C(c3ccccc32)C1C(=O)NCC12CC3CC(CC(C3)C1)C2. The van der Waals surface area contributed by atoms with E-state index in [0.717, 1.165) is 40.0 Å². The van der Waals surface area contributed by atoms with Crippen LogP contribution in [0.5, 0.6) is 0 Å². The second-order valence-corrected chi connectivity index (χ2v) is 14.7. The number of benzene rings is 2. The summed E-state index contributed by atoms with van der Waals surface area (Å²) in [6, 6.07) is 15.7. The number of fused-ring (bicyclic) bond motifs is 1. The van der Waals surface area contributed by atoms with Crippen molar-refractivity contribution in [1.82, 2.24) is 15.5 Å². The largest absolute Gasteiger partial charge is 0.480 e. The van der Waals surface area contributed by atoms with Gasteiger partial charge < -0.3 is 20.6 Å². The van der Waals surface area contributed by atoms with Crippen molar-refractivity contribution >= 4 is 23.7 Å². The summed E-state index contributed by atoms with van der Waals surface area (Å²) < 4.78 is 0. The number of nitrogens with zero attached hydrogens (tertiary/aromatic N) is 1. The van der Waals surface area contributed by atoms with E-state index < -0.39 is 36.3 Å². The molecular weight excluding hydrogens is 554 g/mol. The summed E-state index contributed by atoms with van der Waals surface area (Å²) in [7, 11) is 0. The Morgan fingerprint density at radius 1 is 0.750 bits per heavy atom. The van der Waals surface area contributed by atoms with Crippen molar-refractivity contribution < 1.29 is 24.3 Å². The van der Waals surface area contributed by atoms with E-state index in [0.29, 0.717) is 25.9 Å². The minimum atomic E-state index is -1.12. The van der Waals surface area contributed by atoms with Gasteiger partial charge in [-0.25, -0.2) is 0 Å². The van der Waals surface area contributed by atoms with E-state index >= 15 is 0 Å². The van der Waals surface area contributed by atoms with Gasteiger partial charge in [-0.15, -0.1) is 0 Å². The number of aliphatic carboxylic acids is 1. The lowest BCUT2D eigenvalue weighted by molar-refractivity contribution is -0.148. The van der Waals surface area contributed by atoms with E-state index in [1.807, 2.05) is 24.3 Å². The number of rotatable bonds is 7. The number of carboxylic acid groups (broad SMARTS) is 1. The zero-order chi connectivity index (χ0) is 30.2. The number of carboxylic acids is 1. The third-order valence-corrected chi connectivity index (χ3v) is 12.1. The van der Waals surface area contributed by atoms with Crippen LogP contribution >= 0.6 is 0 Å². The molecule has 3 amide bonds. The fourth-order valence-corrected chi connectivity index (χ4v) is 11.0. The van der Waals surface area contributed by atoms with Crippen LogP contribution in [0.3, 0.4) is 0 Å². The zero-order valence-electron chi connectivity index (χ0n) is 25.0. The van der Waals surface area contributed by atoms with Crippen molar-refractivity contribution in [3.05, 3.63) is 70.8 Å². The predicted octanol–water partition coefficient (Wildman–Crippen LogP) is 4.03. The highest BCUT2D eigenvalue weighted by Crippen LogP contribution is 2.61. The lowest BCUT2D eigenvalue weighted by Gasteiger charge is -2.57. The van der Waals surface area contributed by atoms with Gasteiger partial charge in [0.2, 0.25) is 17.7 Å². The van der Waals surface area contributed by atoms with Crippen molar-refractivity contribution in [3.8, 4) is 0 Å². The number of carbonyl (C=O) groups excluding carboxylic acids is 3. The molecule has 8 heteroatoms. The first-order chi connectivity index (χ1) is 21.3. The molecule has 7 aliphatic carbocycles. The predicted molar refractivity (Wildman–Crippen MR) is 163 cm³/mol. The van der Waals surface area contributed by atoms with Crippen LogP contribution in [0.15, 0.2) is 48.5 Å². The number of nitrogens with one attached hydrogen (secondary N) is 2. The average molecular weight is 596 g/mol. The van der Waals surface area contributed by atoms with Crippen molar-refractivity contribution in [2.75, 3.05) is 19.6 Å². The topological polar surface area (TPSA) is 116 Å². The summed E-state index contributed by atoms with van der Waals surface area (Å²) in [4.78, 5) is 55.2. The molecule has 44 heavy (non-hydrogen) atoms. The molecule has 0 radical (unpaired) electrons. The maximum atomic E-state index is 14.8. The van der Waals surface area contributed by atoms with E-state index in [4.69, 9.17) is 5.11 Å². The van der Waals surface area contributed by atoms with Crippen molar-refractivity contribution in [1.29, 1.82) is 0 Å². The Morgan fingerprint density at radius 2 is 1.27 bits per heavy atom. The number of hydrogen-bond donors (Lipinski definition) is 3. The fourth-order valence-electron chi connectivity index (χ4n) is 11.0. The van der Waals surface area contributed by atoms with Gasteiger partial charge in [0, 0.05) is 24.9 Å². The van der Waals surface area contributed by atoms with E-state index in [1.54, 1.807) is 4.90 Å². The van der Waals surface area contributed by atoms with Crippen LogP contribution in [0.1, 0.15) is 85.5 Å². The molecule has 230 valence electrons. The smallest absolute Gasteiger partial charge is 0.322 e. The first-order valence-corrected chi connectivity index (χ1v) is 16.6. The Kier molecular flexibility index (Phi) is 6.61. The molecule has 1 saturated heterocycles. The van der Waals surface area contributed by atoms with Gasteiger partial charge in [-0.2, -0.15) is 0 Å². The van der Waals surface area contributed by atoms with Gasteiger partial charge in [0.25, 0.3) is 0 Å². The summed E-state index contributed by atoms with van der Waals surface area (Å²) in [5, 5.41) is 15.0. The molecule has 3 atom stereocenters. The van der Waals surface area contributed by atoms with E-state index in [2.05, 4.69) is 34.9 Å². The fraction of sp³-hybridized carbons (Fsp3) is 0.556. The highest BCUT2D eigenvalue weighted by molar-refractivity contribution is 5.95. The molecule has 2 aromatic rings. The Labute approximate surface area is 258 Å². The minimum Gasteiger partial charge on any atom is -0.480 e. The number of carbonyl (C=O) groups is 4. The highest BCUT2D eigenvalue weighted by atomic mass is 16.4. The minimum absolute atomic E-state index is 0.0517. The van der Waals surface area contributed by atoms with Crippen molar-refractivity contribution in [2.45, 2.75) is 69.2 Å². The molecule has 8 nitrogen and oxygen atoms in total. The van der Waals surface area contributed by atoms with Crippen LogP contribution in [-0.4, -0.2) is 59.4 Å². The van der Waals surface area contributed by atoms with Crippen LogP contribution in [0.4, 0.5) is 0 Å². The number of likely N-dealkylation sites (tertiary alicyclic amines) is 1. The van der Waals surface area contributed by atoms with E-state index in [1.165, 1.54) is 38.5 Å². The Hall–Kier alpha value is -3.68. The summed E-state index contributed by atoms with van der Waals surface area (Å²) in [5.74, 6) is -1.20. The molecular formula is C36H41N3O5. The van der Waals surface area contributed by atoms with Crippen LogP contribution in [0, 0.1) is 35.0 Å². The average Bonchev–Trinajstić information content (AvgIpc) is 3.51. The first kappa shape index (κ1) is 27.8. The van der Waals surface area contributed by atoms with Gasteiger partial charge >= 0.3 is 5.97 Å². The highest BCUT2D eigenvalue weighted by Gasteiger charge is 2.57. The maximum absolute atomic E-state index is 14.8. The molecule has 1 heterocycles. The molecule has 10 rings (SSSR count). The summed E-state index contributed by atoms with van der Waals surface area (Å²) in [6.45, 7) is 0.613. The molecule has 0 aromatic heterocycles. The van der Waals surface area contributed by atoms with Crippen LogP contribution < -0.4 is 10.6 Å². The Morgan fingerprint density at radius 3 is 1.80 bits per heavy atom. The third kappa shape index (κ3) is 4.39. The molecule has 8 aliphatic rings. The van der Waals surface area contributed by atoms with Gasteiger partial charge in [0.1, 0.15) is 12.6 Å². The number of amides is 3. The van der Waals surface area contributed by atoms with E-state index in [9.17, 15) is 19.2 Å². The van der Waals surface area contributed by atoms with Crippen molar-refractivity contribution in [3.63, 3.8) is 0 Å². The monoisotopic (exact) mass is 595 g/mol. The maximum Gasteiger partial charge on any atom is 0.322 e. The number of hydrogen-bond acceptors (Lipinski definition) is 4. The molecule has 4 saturated carbocycles. The molecule has 0 spiro atoms. The summed E-state index contributed by atoms with van der Waals surface area (Å²) in [6.07, 6.45) is 8.78. The zero-order valence-corrected chi connectivity index (χ0v) is 25.0. The van der Waals surface area contributed by atoms with E-state index in [-0.39, 0.29) is 29.1 Å². The molecule has 3 N–H and O–H groups in total. The quantitative estimate of drug-likeness (QED) is 0.447. The standard InChI is InChI=1S/C36H41N3O5/c40-28(41)18-37-33(42)27-10-5-11-39(27)35(44)32-30-25-8-3-1-6-23(25)29(24-7-2-4-9-26(24)30)31(32)34(43)38-19-36-15-20-12-21(16-36)14-22(13-20)17-36/h1-4,6-9,20-22,27,29-32H,5,10-19H2,(H,37,42)(H,38,43)(H,40,41)/t20?,21?,22?,27-,29?,30?,31?,32?,36?/m1/s1. The summed E-state index contributed by atoms with van der Waals surface area (Å²) >= 11 is 0. The van der Waals surface area contributed by atoms with Crippen molar-refractivity contribution in [2.24, 2.45) is 35.0 Å². The van der Waals surface area contributed by atoms with Crippen LogP contribution in [0.2, 0.25) is 0 Å². The Balaban J connectivity index is 1.14. The van der Waals surface area contributed by atoms with Gasteiger partial charge in [0.05, 0.1) is 11.8 Å². The van der Waals surface area contributed by atoms with Gasteiger partial charge in [0.15, 0.2) is 0 Å². The molecule has 6 bridgehead atoms. The second-order valence-electron chi connectivity index (χ2n) is 14.7. The molecule has 2 unspecified atom stereocenters. The second kappa shape index (κ2) is 10.5. The molecule has 1 aliphatic heterocycles.